The van der Waals surface area contributed by atoms with Gasteiger partial charge in [-0.15, -0.1) is 6.58 Å². The molecule has 1 aromatic rings. The molecule has 1 aliphatic heterocycles. The first kappa shape index (κ1) is 21.6. The van der Waals surface area contributed by atoms with Crippen LogP contribution in [-0.2, 0) is 19.1 Å². The second-order valence-electron chi connectivity index (χ2n) is 6.18. The van der Waals surface area contributed by atoms with Crippen molar-refractivity contribution < 1.29 is 28.6 Å². The first-order chi connectivity index (χ1) is 13.3. The minimum Gasteiger partial charge on any atom is -0.495 e. The van der Waals surface area contributed by atoms with Crippen molar-refractivity contribution in [2.75, 3.05) is 32.2 Å². The van der Waals surface area contributed by atoms with Crippen molar-refractivity contribution in [3.8, 4) is 11.5 Å². The van der Waals surface area contributed by atoms with Gasteiger partial charge in [-0.25, -0.2) is 0 Å². The summed E-state index contributed by atoms with van der Waals surface area (Å²) in [5.41, 5.74) is 0.436. The molecule has 2 amide bonds. The molecule has 2 atom stereocenters. The summed E-state index contributed by atoms with van der Waals surface area (Å²) in [5, 5.41) is 2.86. The molecule has 28 heavy (non-hydrogen) atoms. The molecule has 0 aromatic heterocycles. The van der Waals surface area contributed by atoms with Crippen molar-refractivity contribution in [3.63, 3.8) is 0 Å². The number of carbonyl (C=O) groups excluding carboxylic acids is 3. The van der Waals surface area contributed by atoms with Crippen LogP contribution in [0.5, 0.6) is 11.5 Å². The summed E-state index contributed by atoms with van der Waals surface area (Å²) in [4.78, 5) is 38.1. The molecule has 1 heterocycles. The number of rotatable bonds is 8. The van der Waals surface area contributed by atoms with E-state index in [-0.39, 0.29) is 25.4 Å². The van der Waals surface area contributed by atoms with Gasteiger partial charge >= 0.3 is 5.97 Å². The first-order valence-corrected chi connectivity index (χ1v) is 9.01. The maximum atomic E-state index is 12.5. The molecule has 0 spiro atoms. The van der Waals surface area contributed by atoms with Gasteiger partial charge in [-0.2, -0.15) is 0 Å². The Morgan fingerprint density at radius 3 is 2.64 bits per heavy atom. The Kier molecular flexibility index (Phi) is 7.28. The molecule has 0 radical (unpaired) electrons. The predicted molar refractivity (Wildman–Crippen MR) is 104 cm³/mol. The van der Waals surface area contributed by atoms with Gasteiger partial charge in [-0.05, 0) is 13.0 Å². The molecule has 1 saturated heterocycles. The number of carbonyl (C=O) groups is 3. The Bertz CT molecular complexity index is 782. The molecule has 1 aliphatic rings. The number of ether oxygens (including phenoxy) is 3. The molecule has 152 valence electrons. The molecule has 1 fully saturated rings. The minimum atomic E-state index is -0.971. The lowest BCUT2D eigenvalue weighted by Crippen LogP contribution is -2.37. The molecule has 0 aliphatic carbocycles. The van der Waals surface area contributed by atoms with Crippen LogP contribution >= 0.6 is 11.6 Å². The van der Waals surface area contributed by atoms with E-state index in [1.165, 1.54) is 32.1 Å². The molecule has 0 saturated carbocycles. The van der Waals surface area contributed by atoms with E-state index in [9.17, 15) is 14.4 Å². The van der Waals surface area contributed by atoms with Crippen LogP contribution in [0, 0.1) is 5.92 Å². The third-order valence-corrected chi connectivity index (χ3v) is 4.58. The molecule has 9 heteroatoms. The highest BCUT2D eigenvalue weighted by Crippen LogP contribution is 2.40. The maximum Gasteiger partial charge on any atom is 0.312 e. The number of hydrogen-bond acceptors (Lipinski definition) is 6. The SMILES string of the molecule is C=CCNC(=O)[C@H](C)OC(=O)[C@H]1CC(=O)N(c2cc(Cl)c(OC)cc2OC)C1. The Morgan fingerprint density at radius 2 is 2.04 bits per heavy atom. The van der Waals surface area contributed by atoms with Crippen molar-refractivity contribution in [2.24, 2.45) is 5.92 Å². The number of nitrogens with zero attached hydrogens (tertiary/aromatic N) is 1. The number of amides is 2. The van der Waals surface area contributed by atoms with E-state index in [0.717, 1.165) is 0 Å². The van der Waals surface area contributed by atoms with Crippen molar-refractivity contribution in [2.45, 2.75) is 19.4 Å². The van der Waals surface area contributed by atoms with E-state index >= 15 is 0 Å². The molecule has 1 N–H and O–H groups in total. The van der Waals surface area contributed by atoms with Gasteiger partial charge in [0.25, 0.3) is 5.91 Å². The zero-order valence-corrected chi connectivity index (χ0v) is 16.7. The quantitative estimate of drug-likeness (QED) is 0.520. The number of methoxy groups -OCH3 is 2. The lowest BCUT2D eigenvalue weighted by Gasteiger charge is -2.21. The average molecular weight is 411 g/mol. The van der Waals surface area contributed by atoms with Gasteiger partial charge in [0.15, 0.2) is 6.10 Å². The highest BCUT2D eigenvalue weighted by atomic mass is 35.5. The van der Waals surface area contributed by atoms with Crippen molar-refractivity contribution >= 4 is 35.1 Å². The fraction of sp³-hybridized carbons (Fsp3) is 0.421. The van der Waals surface area contributed by atoms with Gasteiger partial charge in [0, 0.05) is 25.6 Å². The van der Waals surface area contributed by atoms with E-state index in [0.29, 0.717) is 22.2 Å². The Hall–Kier alpha value is -2.74. The van der Waals surface area contributed by atoms with Crippen molar-refractivity contribution in [1.82, 2.24) is 5.32 Å². The first-order valence-electron chi connectivity index (χ1n) is 8.63. The smallest absolute Gasteiger partial charge is 0.312 e. The lowest BCUT2D eigenvalue weighted by molar-refractivity contribution is -0.158. The Morgan fingerprint density at radius 1 is 1.36 bits per heavy atom. The van der Waals surface area contributed by atoms with Crippen LogP contribution in [0.25, 0.3) is 0 Å². The van der Waals surface area contributed by atoms with Crippen molar-refractivity contribution in [1.29, 1.82) is 0 Å². The number of halogens is 1. The molecule has 1 aromatic carbocycles. The molecule has 0 bridgehead atoms. The fourth-order valence-corrected chi connectivity index (χ4v) is 3.03. The maximum absolute atomic E-state index is 12.5. The summed E-state index contributed by atoms with van der Waals surface area (Å²) in [6, 6.07) is 3.12. The number of benzene rings is 1. The predicted octanol–water partition coefficient (Wildman–Crippen LogP) is 1.94. The summed E-state index contributed by atoms with van der Waals surface area (Å²) < 4.78 is 15.7. The van der Waals surface area contributed by atoms with Gasteiger partial charge in [0.05, 0.1) is 30.8 Å². The zero-order chi connectivity index (χ0) is 20.8. The summed E-state index contributed by atoms with van der Waals surface area (Å²) in [7, 11) is 2.93. The van der Waals surface area contributed by atoms with E-state index < -0.39 is 23.9 Å². The summed E-state index contributed by atoms with van der Waals surface area (Å²) in [6.45, 7) is 5.34. The largest absolute Gasteiger partial charge is 0.495 e. The number of hydrogen-bond donors (Lipinski definition) is 1. The summed E-state index contributed by atoms with van der Waals surface area (Å²) >= 11 is 6.17. The third-order valence-electron chi connectivity index (χ3n) is 4.29. The summed E-state index contributed by atoms with van der Waals surface area (Å²) in [6.07, 6.45) is 0.515. The van der Waals surface area contributed by atoms with Gasteiger partial charge in [0.2, 0.25) is 5.91 Å². The van der Waals surface area contributed by atoms with Crippen molar-refractivity contribution in [3.05, 3.63) is 29.8 Å². The Balaban J connectivity index is 2.11. The van der Waals surface area contributed by atoms with Crippen LogP contribution in [0.15, 0.2) is 24.8 Å². The Labute approximate surface area is 168 Å². The van der Waals surface area contributed by atoms with E-state index in [4.69, 9.17) is 25.8 Å². The topological polar surface area (TPSA) is 94.2 Å². The second kappa shape index (κ2) is 9.45. The molecular weight excluding hydrogens is 388 g/mol. The molecular formula is C19H23ClN2O6. The molecule has 8 nitrogen and oxygen atoms in total. The standard InChI is InChI=1S/C19H23ClN2O6/c1-5-6-21-18(24)11(2)28-19(25)12-7-17(23)22(10-12)14-8-13(20)15(26-3)9-16(14)27-4/h5,8-9,11-12H,1,6-7,10H2,2-4H3,(H,21,24)/t11-,12-/m0/s1. The van der Waals surface area contributed by atoms with Gasteiger partial charge in [-0.1, -0.05) is 17.7 Å². The van der Waals surface area contributed by atoms with E-state index in [1.807, 2.05) is 0 Å². The highest BCUT2D eigenvalue weighted by Gasteiger charge is 2.38. The monoisotopic (exact) mass is 410 g/mol. The van der Waals surface area contributed by atoms with E-state index in [1.54, 1.807) is 12.1 Å². The van der Waals surface area contributed by atoms with Crippen LogP contribution in [0.2, 0.25) is 5.02 Å². The number of esters is 1. The third kappa shape index (κ3) is 4.75. The lowest BCUT2D eigenvalue weighted by atomic mass is 10.1. The molecule has 0 unspecified atom stereocenters. The van der Waals surface area contributed by atoms with Crippen LogP contribution in [0.4, 0.5) is 5.69 Å². The zero-order valence-electron chi connectivity index (χ0n) is 16.0. The minimum absolute atomic E-state index is 0.0351. The van der Waals surface area contributed by atoms with E-state index in [2.05, 4.69) is 11.9 Å². The molecule has 2 rings (SSSR count). The van der Waals surface area contributed by atoms with Gasteiger partial charge < -0.3 is 24.4 Å². The average Bonchev–Trinajstić information content (AvgIpc) is 3.07. The number of anilines is 1. The second-order valence-corrected chi connectivity index (χ2v) is 6.58. The van der Waals surface area contributed by atoms with Crippen LogP contribution < -0.4 is 19.7 Å². The number of nitrogens with one attached hydrogen (secondary N) is 1. The fourth-order valence-electron chi connectivity index (χ4n) is 2.79. The van der Waals surface area contributed by atoms with Crippen LogP contribution in [-0.4, -0.2) is 51.2 Å². The summed E-state index contributed by atoms with van der Waals surface area (Å²) in [5.74, 6) is -1.23. The van der Waals surface area contributed by atoms with Crippen LogP contribution in [0.3, 0.4) is 0 Å². The highest BCUT2D eigenvalue weighted by molar-refractivity contribution is 6.32. The normalized spacial score (nSPS) is 17.1. The van der Waals surface area contributed by atoms with Crippen LogP contribution in [0.1, 0.15) is 13.3 Å². The van der Waals surface area contributed by atoms with Gasteiger partial charge in [0.1, 0.15) is 11.5 Å². The van der Waals surface area contributed by atoms with Gasteiger partial charge in [-0.3, -0.25) is 14.4 Å².